The summed E-state index contributed by atoms with van der Waals surface area (Å²) in [6.45, 7) is 2.12. The minimum Gasteiger partial charge on any atom is -0.341 e. The molecule has 0 N–H and O–H groups in total. The van der Waals surface area contributed by atoms with Gasteiger partial charge in [-0.15, -0.1) is 12.6 Å². The third kappa shape index (κ3) is 3.98. The van der Waals surface area contributed by atoms with Crippen molar-refractivity contribution < 1.29 is 4.79 Å². The van der Waals surface area contributed by atoms with Gasteiger partial charge in [0, 0.05) is 24.5 Å². The second-order valence-electron chi connectivity index (χ2n) is 5.41. The first-order chi connectivity index (χ1) is 9.06. The molecule has 1 aliphatic rings. The smallest absolute Gasteiger partial charge is 0.227 e. The summed E-state index contributed by atoms with van der Waals surface area (Å²) in [7, 11) is 4.05. The third-order valence-corrected chi connectivity index (χ3v) is 4.13. The first-order valence-electron chi connectivity index (χ1n) is 6.78. The average molecular weight is 278 g/mol. The average Bonchev–Trinajstić information content (AvgIpc) is 2.40. The van der Waals surface area contributed by atoms with Gasteiger partial charge in [0.2, 0.25) is 5.91 Å². The number of nitrogens with zero attached hydrogens (tertiary/aromatic N) is 2. The molecule has 0 saturated carbocycles. The summed E-state index contributed by atoms with van der Waals surface area (Å²) < 4.78 is 0. The van der Waals surface area contributed by atoms with E-state index in [2.05, 4.69) is 24.6 Å². The van der Waals surface area contributed by atoms with Crippen LogP contribution in [0.15, 0.2) is 29.2 Å². The monoisotopic (exact) mass is 278 g/mol. The normalized spacial score (nSPS) is 20.3. The molecule has 1 fully saturated rings. The van der Waals surface area contributed by atoms with Crippen molar-refractivity contribution >= 4 is 18.5 Å². The zero-order valence-electron chi connectivity index (χ0n) is 11.7. The molecule has 3 nitrogen and oxygen atoms in total. The molecule has 0 spiro atoms. The molecule has 1 aromatic rings. The molecule has 0 bridgehead atoms. The van der Waals surface area contributed by atoms with Crippen molar-refractivity contribution in [2.45, 2.75) is 30.2 Å². The van der Waals surface area contributed by atoms with E-state index in [0.717, 1.165) is 30.0 Å². The predicted octanol–water partition coefficient (Wildman–Crippen LogP) is 2.07. The van der Waals surface area contributed by atoms with Crippen molar-refractivity contribution in [3.05, 3.63) is 29.8 Å². The van der Waals surface area contributed by atoms with Gasteiger partial charge in [-0.05, 0) is 44.1 Å². The predicted molar refractivity (Wildman–Crippen MR) is 80.7 cm³/mol. The number of carbonyl (C=O) groups is 1. The Morgan fingerprint density at radius 1 is 1.42 bits per heavy atom. The number of hydrogen-bond donors (Lipinski definition) is 1. The lowest BCUT2D eigenvalue weighted by Gasteiger charge is -2.36. The van der Waals surface area contributed by atoms with Gasteiger partial charge >= 0.3 is 0 Å². The second kappa shape index (κ2) is 6.44. The van der Waals surface area contributed by atoms with Crippen LogP contribution >= 0.6 is 12.6 Å². The fraction of sp³-hybridized carbons (Fsp3) is 0.533. The highest BCUT2D eigenvalue weighted by molar-refractivity contribution is 7.80. The van der Waals surface area contributed by atoms with Gasteiger partial charge in [-0.1, -0.05) is 12.1 Å². The Bertz CT molecular complexity index is 432. The minimum absolute atomic E-state index is 0.201. The summed E-state index contributed by atoms with van der Waals surface area (Å²) in [5.74, 6) is 0.201. The van der Waals surface area contributed by atoms with Crippen LogP contribution in [0.3, 0.4) is 0 Å². The molecule has 4 heteroatoms. The van der Waals surface area contributed by atoms with Gasteiger partial charge in [0.25, 0.3) is 0 Å². The number of rotatable bonds is 3. The first kappa shape index (κ1) is 14.4. The fourth-order valence-electron chi connectivity index (χ4n) is 2.57. The van der Waals surface area contributed by atoms with E-state index in [1.54, 1.807) is 0 Å². The van der Waals surface area contributed by atoms with Crippen LogP contribution in [0.2, 0.25) is 0 Å². The molecule has 2 rings (SSSR count). The number of thiol groups is 1. The van der Waals surface area contributed by atoms with Gasteiger partial charge < -0.3 is 9.80 Å². The number of amides is 1. The Kier molecular flexibility index (Phi) is 4.88. The Labute approximate surface area is 121 Å². The molecule has 0 aromatic heterocycles. The Morgan fingerprint density at radius 3 is 2.74 bits per heavy atom. The Morgan fingerprint density at radius 2 is 2.11 bits per heavy atom. The van der Waals surface area contributed by atoms with Gasteiger partial charge in [0.15, 0.2) is 0 Å². The summed E-state index contributed by atoms with van der Waals surface area (Å²) in [5.41, 5.74) is 1.05. The van der Waals surface area contributed by atoms with E-state index in [1.165, 1.54) is 6.42 Å². The maximum absolute atomic E-state index is 12.3. The van der Waals surface area contributed by atoms with Crippen LogP contribution in [0.1, 0.15) is 18.4 Å². The van der Waals surface area contributed by atoms with E-state index in [4.69, 9.17) is 0 Å². The molecule has 1 saturated heterocycles. The lowest BCUT2D eigenvalue weighted by Crippen LogP contribution is -2.47. The summed E-state index contributed by atoms with van der Waals surface area (Å²) >= 11 is 4.26. The first-order valence-corrected chi connectivity index (χ1v) is 7.23. The summed E-state index contributed by atoms with van der Waals surface area (Å²) in [6.07, 6.45) is 2.76. The number of piperidine rings is 1. The molecule has 0 aliphatic carbocycles. The molecular formula is C15H22N2OS. The molecule has 104 valence electrons. The Hall–Kier alpha value is -1.00. The van der Waals surface area contributed by atoms with Crippen molar-refractivity contribution in [2.24, 2.45) is 0 Å². The molecule has 1 aliphatic heterocycles. The van der Waals surface area contributed by atoms with Crippen LogP contribution < -0.4 is 0 Å². The van der Waals surface area contributed by atoms with E-state index in [-0.39, 0.29) is 5.91 Å². The topological polar surface area (TPSA) is 23.6 Å². The van der Waals surface area contributed by atoms with Crippen molar-refractivity contribution in [3.63, 3.8) is 0 Å². The van der Waals surface area contributed by atoms with E-state index < -0.39 is 0 Å². The highest BCUT2D eigenvalue weighted by Crippen LogP contribution is 2.15. The lowest BCUT2D eigenvalue weighted by atomic mass is 10.0. The number of likely N-dealkylation sites (tertiary alicyclic amines) is 1. The maximum atomic E-state index is 12.3. The second-order valence-corrected chi connectivity index (χ2v) is 5.92. The molecule has 1 atom stereocenters. The number of carbonyl (C=O) groups excluding carboxylic acids is 1. The molecule has 0 radical (unpaired) electrons. The number of benzene rings is 1. The number of hydrogen-bond acceptors (Lipinski definition) is 3. The van der Waals surface area contributed by atoms with Crippen molar-refractivity contribution in [1.82, 2.24) is 9.80 Å². The van der Waals surface area contributed by atoms with Gasteiger partial charge in [0.1, 0.15) is 0 Å². The van der Waals surface area contributed by atoms with Crippen LogP contribution in [-0.2, 0) is 11.2 Å². The molecular weight excluding hydrogens is 256 g/mol. The summed E-state index contributed by atoms with van der Waals surface area (Å²) in [6, 6.07) is 8.16. The van der Waals surface area contributed by atoms with Gasteiger partial charge in [-0.25, -0.2) is 0 Å². The molecule has 19 heavy (non-hydrogen) atoms. The maximum Gasteiger partial charge on any atom is 0.227 e. The van der Waals surface area contributed by atoms with Gasteiger partial charge in [-0.3, -0.25) is 4.79 Å². The largest absolute Gasteiger partial charge is 0.341 e. The number of likely N-dealkylation sites (N-methyl/N-ethyl adjacent to an activating group) is 2. The standard InChI is InChI=1S/C15H22N2OS/c1-16-9-3-4-13(11-16)17(2)15(18)10-12-5-7-14(19)8-6-12/h5-8,13,19H,3-4,9-11H2,1-2H3. The van der Waals surface area contributed by atoms with Gasteiger partial charge in [0.05, 0.1) is 6.42 Å². The van der Waals surface area contributed by atoms with E-state index >= 15 is 0 Å². The molecule has 1 amide bonds. The zero-order valence-corrected chi connectivity index (χ0v) is 12.6. The Balaban J connectivity index is 1.93. The van der Waals surface area contributed by atoms with Crippen LogP contribution in [0.5, 0.6) is 0 Å². The van der Waals surface area contributed by atoms with Crippen molar-refractivity contribution in [2.75, 3.05) is 27.2 Å². The lowest BCUT2D eigenvalue weighted by molar-refractivity contribution is -0.132. The quantitative estimate of drug-likeness (QED) is 0.856. The van der Waals surface area contributed by atoms with E-state index in [9.17, 15) is 4.79 Å². The van der Waals surface area contributed by atoms with Gasteiger partial charge in [-0.2, -0.15) is 0 Å². The van der Waals surface area contributed by atoms with Crippen LogP contribution in [0, 0.1) is 0 Å². The van der Waals surface area contributed by atoms with Crippen LogP contribution in [0.25, 0.3) is 0 Å². The molecule has 1 unspecified atom stereocenters. The third-order valence-electron chi connectivity index (χ3n) is 3.83. The van der Waals surface area contributed by atoms with Crippen molar-refractivity contribution in [1.29, 1.82) is 0 Å². The summed E-state index contributed by atoms with van der Waals surface area (Å²) in [5, 5.41) is 0. The van der Waals surface area contributed by atoms with Crippen molar-refractivity contribution in [3.8, 4) is 0 Å². The zero-order chi connectivity index (χ0) is 13.8. The fourth-order valence-corrected chi connectivity index (χ4v) is 2.72. The van der Waals surface area contributed by atoms with E-state index in [0.29, 0.717) is 12.5 Å². The van der Waals surface area contributed by atoms with E-state index in [1.807, 2.05) is 36.2 Å². The SMILES string of the molecule is CN1CCCC(N(C)C(=O)Cc2ccc(S)cc2)C1. The highest BCUT2D eigenvalue weighted by Gasteiger charge is 2.24. The summed E-state index contributed by atoms with van der Waals surface area (Å²) in [4.78, 5) is 17.4. The minimum atomic E-state index is 0.201. The van der Waals surface area contributed by atoms with Crippen LogP contribution in [-0.4, -0.2) is 48.9 Å². The molecule has 1 aromatic carbocycles. The highest BCUT2D eigenvalue weighted by atomic mass is 32.1. The van der Waals surface area contributed by atoms with Crippen LogP contribution in [0.4, 0.5) is 0 Å². The molecule has 1 heterocycles.